The van der Waals surface area contributed by atoms with Crippen molar-refractivity contribution in [3.63, 3.8) is 0 Å². The lowest BCUT2D eigenvalue weighted by Gasteiger charge is -2.28. The van der Waals surface area contributed by atoms with Gasteiger partial charge in [-0.25, -0.2) is 0 Å². The van der Waals surface area contributed by atoms with Crippen LogP contribution in [-0.2, 0) is 0 Å². The van der Waals surface area contributed by atoms with Crippen LogP contribution in [0.3, 0.4) is 0 Å². The number of allylic oxidation sites excluding steroid dienone is 2. The molecule has 0 heterocycles. The highest BCUT2D eigenvalue weighted by Gasteiger charge is 2.20. The van der Waals surface area contributed by atoms with Crippen molar-refractivity contribution in [2.24, 2.45) is 11.8 Å². The van der Waals surface area contributed by atoms with Crippen molar-refractivity contribution in [2.75, 3.05) is 0 Å². The minimum absolute atomic E-state index is 0.951. The molecule has 74 valence electrons. The molecule has 0 nitrogen and oxygen atoms in total. The van der Waals surface area contributed by atoms with E-state index in [1.807, 2.05) is 5.57 Å². The molecule has 1 unspecified atom stereocenters. The number of rotatable bonds is 1. The lowest BCUT2D eigenvalue weighted by molar-refractivity contribution is 0.375. The van der Waals surface area contributed by atoms with Crippen LogP contribution in [-0.4, -0.2) is 0 Å². The van der Waals surface area contributed by atoms with Gasteiger partial charge in [0.15, 0.2) is 0 Å². The maximum atomic E-state index is 2.56. The molecule has 0 aromatic rings. The van der Waals surface area contributed by atoms with Gasteiger partial charge in [-0.15, -0.1) is 0 Å². The Hall–Kier alpha value is -0.260. The molecule has 2 aliphatic rings. The summed E-state index contributed by atoms with van der Waals surface area (Å²) >= 11 is 0. The molecule has 0 heteroatoms. The van der Waals surface area contributed by atoms with Crippen molar-refractivity contribution in [2.45, 2.75) is 58.3 Å². The molecule has 0 spiro atoms. The van der Waals surface area contributed by atoms with Gasteiger partial charge in [-0.1, -0.05) is 37.8 Å². The van der Waals surface area contributed by atoms with Gasteiger partial charge in [0, 0.05) is 0 Å². The standard InChI is InChI=1S/C13H22/c1-11-7-9-13(10-8-11)12-5-3-2-4-6-12/h9,11-12H,2-8,10H2,1H3. The summed E-state index contributed by atoms with van der Waals surface area (Å²) in [7, 11) is 0. The van der Waals surface area contributed by atoms with E-state index < -0.39 is 0 Å². The fraction of sp³-hybridized carbons (Fsp3) is 0.846. The molecule has 1 saturated carbocycles. The van der Waals surface area contributed by atoms with E-state index in [9.17, 15) is 0 Å². The molecule has 0 amide bonds. The number of hydrogen-bond acceptors (Lipinski definition) is 0. The molecule has 1 atom stereocenters. The molecule has 0 aromatic heterocycles. The molecule has 0 aliphatic heterocycles. The van der Waals surface area contributed by atoms with Crippen molar-refractivity contribution in [3.05, 3.63) is 11.6 Å². The highest BCUT2D eigenvalue weighted by Crippen LogP contribution is 2.35. The van der Waals surface area contributed by atoms with Crippen LogP contribution in [0.15, 0.2) is 11.6 Å². The third-order valence-corrected chi connectivity index (χ3v) is 3.84. The molecular formula is C13H22. The van der Waals surface area contributed by atoms with Crippen LogP contribution < -0.4 is 0 Å². The second kappa shape index (κ2) is 4.30. The fourth-order valence-corrected chi connectivity index (χ4v) is 2.83. The summed E-state index contributed by atoms with van der Waals surface area (Å²) in [5.74, 6) is 1.94. The summed E-state index contributed by atoms with van der Waals surface area (Å²) in [6, 6.07) is 0. The summed E-state index contributed by atoms with van der Waals surface area (Å²) in [5.41, 5.74) is 1.82. The van der Waals surface area contributed by atoms with Crippen molar-refractivity contribution < 1.29 is 0 Å². The number of hydrogen-bond donors (Lipinski definition) is 0. The van der Waals surface area contributed by atoms with Crippen molar-refractivity contribution in [1.29, 1.82) is 0 Å². The van der Waals surface area contributed by atoms with Crippen molar-refractivity contribution >= 4 is 0 Å². The minimum atomic E-state index is 0.951. The normalized spacial score (nSPS) is 31.5. The van der Waals surface area contributed by atoms with Crippen LogP contribution in [0.25, 0.3) is 0 Å². The highest BCUT2D eigenvalue weighted by molar-refractivity contribution is 5.10. The Labute approximate surface area is 82.4 Å². The summed E-state index contributed by atoms with van der Waals surface area (Å²) < 4.78 is 0. The SMILES string of the molecule is CC1CC=C(C2CCCCC2)CC1. The van der Waals surface area contributed by atoms with Gasteiger partial charge in [-0.05, 0) is 43.9 Å². The van der Waals surface area contributed by atoms with E-state index in [1.165, 1.54) is 51.4 Å². The van der Waals surface area contributed by atoms with Gasteiger partial charge in [-0.2, -0.15) is 0 Å². The summed E-state index contributed by atoms with van der Waals surface area (Å²) in [6.45, 7) is 2.38. The molecule has 1 fully saturated rings. The quantitative estimate of drug-likeness (QED) is 0.525. The van der Waals surface area contributed by atoms with E-state index in [4.69, 9.17) is 0 Å². The largest absolute Gasteiger partial charge is 0.0848 e. The van der Waals surface area contributed by atoms with Gasteiger partial charge in [0.05, 0.1) is 0 Å². The molecule has 0 radical (unpaired) electrons. The zero-order valence-electron chi connectivity index (χ0n) is 8.89. The van der Waals surface area contributed by atoms with Gasteiger partial charge in [-0.3, -0.25) is 0 Å². The lowest BCUT2D eigenvalue weighted by Crippen LogP contribution is -2.13. The third-order valence-electron chi connectivity index (χ3n) is 3.84. The van der Waals surface area contributed by atoms with Gasteiger partial charge in [0.2, 0.25) is 0 Å². The second-order valence-corrected chi connectivity index (χ2v) is 4.99. The molecule has 0 bridgehead atoms. The first-order valence-electron chi connectivity index (χ1n) is 6.05. The van der Waals surface area contributed by atoms with Crippen LogP contribution in [0.1, 0.15) is 58.3 Å². The topological polar surface area (TPSA) is 0 Å². The van der Waals surface area contributed by atoms with E-state index in [2.05, 4.69) is 13.0 Å². The van der Waals surface area contributed by atoms with Gasteiger partial charge >= 0.3 is 0 Å². The lowest BCUT2D eigenvalue weighted by atomic mass is 9.78. The Morgan fingerprint density at radius 1 is 1.08 bits per heavy atom. The smallest absolute Gasteiger partial charge is 0.0203 e. The van der Waals surface area contributed by atoms with Crippen LogP contribution in [0.4, 0.5) is 0 Å². The predicted molar refractivity (Wildman–Crippen MR) is 57.7 cm³/mol. The highest BCUT2D eigenvalue weighted by atomic mass is 14.3. The van der Waals surface area contributed by atoms with Crippen molar-refractivity contribution in [1.82, 2.24) is 0 Å². The Kier molecular flexibility index (Phi) is 3.08. The Bertz CT molecular complexity index is 184. The molecule has 13 heavy (non-hydrogen) atoms. The first kappa shape index (κ1) is 9.30. The third kappa shape index (κ3) is 2.36. The summed E-state index contributed by atoms with van der Waals surface area (Å²) in [4.78, 5) is 0. The maximum absolute atomic E-state index is 2.56. The van der Waals surface area contributed by atoms with Crippen LogP contribution in [0.2, 0.25) is 0 Å². The molecule has 2 aliphatic carbocycles. The van der Waals surface area contributed by atoms with Crippen molar-refractivity contribution in [3.8, 4) is 0 Å². The van der Waals surface area contributed by atoms with E-state index in [1.54, 1.807) is 0 Å². The molecular weight excluding hydrogens is 156 g/mol. The molecule has 2 rings (SSSR count). The minimum Gasteiger partial charge on any atom is -0.0848 e. The molecule has 0 saturated heterocycles. The van der Waals surface area contributed by atoms with Gasteiger partial charge < -0.3 is 0 Å². The van der Waals surface area contributed by atoms with Gasteiger partial charge in [0.1, 0.15) is 0 Å². The van der Waals surface area contributed by atoms with Crippen LogP contribution >= 0.6 is 0 Å². The summed E-state index contributed by atoms with van der Waals surface area (Å²) in [5, 5.41) is 0. The van der Waals surface area contributed by atoms with Gasteiger partial charge in [0.25, 0.3) is 0 Å². The van der Waals surface area contributed by atoms with Crippen LogP contribution in [0.5, 0.6) is 0 Å². The van der Waals surface area contributed by atoms with E-state index in [-0.39, 0.29) is 0 Å². The first-order chi connectivity index (χ1) is 6.36. The second-order valence-electron chi connectivity index (χ2n) is 4.99. The Morgan fingerprint density at radius 2 is 1.85 bits per heavy atom. The first-order valence-corrected chi connectivity index (χ1v) is 6.05. The molecule has 0 aromatic carbocycles. The van der Waals surface area contributed by atoms with E-state index >= 15 is 0 Å². The molecule has 0 N–H and O–H groups in total. The average molecular weight is 178 g/mol. The maximum Gasteiger partial charge on any atom is -0.0203 e. The Morgan fingerprint density at radius 3 is 2.46 bits per heavy atom. The monoisotopic (exact) mass is 178 g/mol. The van der Waals surface area contributed by atoms with E-state index in [0.29, 0.717) is 0 Å². The average Bonchev–Trinajstić information content (AvgIpc) is 2.20. The van der Waals surface area contributed by atoms with E-state index in [0.717, 1.165) is 11.8 Å². The summed E-state index contributed by atoms with van der Waals surface area (Å²) in [6.07, 6.45) is 14.2. The zero-order chi connectivity index (χ0) is 9.10. The zero-order valence-corrected chi connectivity index (χ0v) is 8.89. The predicted octanol–water partition coefficient (Wildman–Crippen LogP) is 4.31. The van der Waals surface area contributed by atoms with Crippen LogP contribution in [0, 0.1) is 11.8 Å². The Balaban J connectivity index is 1.92. The fourth-order valence-electron chi connectivity index (χ4n) is 2.83.